The number of ether oxygens (including phenoxy) is 2. The number of fused-ring (bicyclic) bond motifs is 2. The Morgan fingerprint density at radius 3 is 2.32 bits per heavy atom. The summed E-state index contributed by atoms with van der Waals surface area (Å²) in [5.41, 5.74) is 6.00. The summed E-state index contributed by atoms with van der Waals surface area (Å²) >= 11 is 0. The Bertz CT molecular complexity index is 665. The van der Waals surface area contributed by atoms with Crippen LogP contribution in [0.5, 0.6) is 11.5 Å². The van der Waals surface area contributed by atoms with Crippen LogP contribution in [-0.4, -0.2) is 38.1 Å². The number of rotatable bonds is 6. The molecule has 2 unspecified atom stereocenters. The van der Waals surface area contributed by atoms with E-state index < -0.39 is 5.91 Å². The van der Waals surface area contributed by atoms with Crippen LogP contribution in [-0.2, 0) is 4.79 Å². The highest BCUT2D eigenvalue weighted by Gasteiger charge is 2.34. The minimum atomic E-state index is -0.629. The van der Waals surface area contributed by atoms with Crippen LogP contribution < -0.4 is 25.8 Å². The van der Waals surface area contributed by atoms with E-state index in [-0.39, 0.29) is 11.5 Å². The average Bonchev–Trinajstić information content (AvgIpc) is 2.92. The second-order valence-electron chi connectivity index (χ2n) is 6.84. The lowest BCUT2D eigenvalue weighted by atomic mass is 9.89. The second kappa shape index (κ2) is 7.31. The minimum Gasteiger partial charge on any atom is -0.493 e. The van der Waals surface area contributed by atoms with Gasteiger partial charge in [-0.1, -0.05) is 0 Å². The number of carbonyl (C=O) groups excluding carboxylic acids is 2. The quantitative estimate of drug-likeness (QED) is 0.726. The molecule has 1 aromatic rings. The lowest BCUT2D eigenvalue weighted by molar-refractivity contribution is -0.117. The van der Waals surface area contributed by atoms with Gasteiger partial charge in [-0.3, -0.25) is 9.59 Å². The van der Waals surface area contributed by atoms with Gasteiger partial charge in [-0.05, 0) is 37.7 Å². The van der Waals surface area contributed by atoms with Crippen molar-refractivity contribution in [2.45, 2.75) is 44.2 Å². The van der Waals surface area contributed by atoms with Crippen LogP contribution in [0.4, 0.5) is 5.69 Å². The minimum absolute atomic E-state index is 0.110. The van der Waals surface area contributed by atoms with Gasteiger partial charge in [0.2, 0.25) is 5.91 Å². The van der Waals surface area contributed by atoms with E-state index in [1.807, 2.05) is 0 Å². The molecule has 1 aromatic carbocycles. The van der Waals surface area contributed by atoms with E-state index in [4.69, 9.17) is 15.2 Å². The van der Waals surface area contributed by atoms with Gasteiger partial charge in [-0.25, -0.2) is 0 Å². The van der Waals surface area contributed by atoms with Crippen molar-refractivity contribution in [3.8, 4) is 11.5 Å². The van der Waals surface area contributed by atoms with E-state index >= 15 is 0 Å². The molecule has 2 atom stereocenters. The summed E-state index contributed by atoms with van der Waals surface area (Å²) in [7, 11) is 2.98. The maximum absolute atomic E-state index is 12.5. The van der Waals surface area contributed by atoms with Gasteiger partial charge in [-0.15, -0.1) is 0 Å². The number of carbonyl (C=O) groups is 2. The van der Waals surface area contributed by atoms with Crippen molar-refractivity contribution < 1.29 is 19.1 Å². The molecule has 0 aromatic heterocycles. The summed E-state index contributed by atoms with van der Waals surface area (Å²) in [6, 6.07) is 4.14. The number of methoxy groups -OCH3 is 2. The molecule has 25 heavy (non-hydrogen) atoms. The first-order valence-corrected chi connectivity index (χ1v) is 8.62. The van der Waals surface area contributed by atoms with Gasteiger partial charge >= 0.3 is 0 Å². The maximum atomic E-state index is 12.5. The zero-order valence-corrected chi connectivity index (χ0v) is 14.6. The molecule has 2 saturated heterocycles. The molecule has 2 bridgehead atoms. The Morgan fingerprint density at radius 1 is 1.16 bits per heavy atom. The van der Waals surface area contributed by atoms with E-state index in [2.05, 4.69) is 10.6 Å². The summed E-state index contributed by atoms with van der Waals surface area (Å²) in [6.07, 6.45) is 4.90. The second-order valence-corrected chi connectivity index (χ2v) is 6.84. The van der Waals surface area contributed by atoms with Crippen LogP contribution in [0.2, 0.25) is 0 Å². The van der Waals surface area contributed by atoms with Gasteiger partial charge in [0.25, 0.3) is 5.91 Å². The van der Waals surface area contributed by atoms with E-state index in [1.54, 1.807) is 6.07 Å². The Balaban J connectivity index is 1.72. The summed E-state index contributed by atoms with van der Waals surface area (Å²) in [5, 5.41) is 6.39. The van der Waals surface area contributed by atoms with Gasteiger partial charge < -0.3 is 25.8 Å². The zero-order chi connectivity index (χ0) is 18.0. The van der Waals surface area contributed by atoms with Crippen molar-refractivity contribution in [2.24, 2.45) is 11.7 Å². The highest BCUT2D eigenvalue weighted by molar-refractivity contribution is 6.03. The molecular weight excluding hydrogens is 322 g/mol. The van der Waals surface area contributed by atoms with Gasteiger partial charge in [0.15, 0.2) is 11.5 Å². The normalized spacial score (nSPS) is 24.6. The van der Waals surface area contributed by atoms with Crippen molar-refractivity contribution >= 4 is 17.5 Å². The number of amides is 2. The molecule has 2 heterocycles. The summed E-state index contributed by atoms with van der Waals surface area (Å²) < 4.78 is 10.4. The van der Waals surface area contributed by atoms with Gasteiger partial charge in [0.1, 0.15) is 0 Å². The molecular formula is C18H25N3O4. The maximum Gasteiger partial charge on any atom is 0.250 e. The molecule has 136 valence electrons. The molecule has 2 amide bonds. The van der Waals surface area contributed by atoms with Crippen molar-refractivity contribution in [3.05, 3.63) is 17.7 Å². The van der Waals surface area contributed by atoms with Crippen LogP contribution >= 0.6 is 0 Å². The monoisotopic (exact) mass is 347 g/mol. The molecule has 2 aliphatic heterocycles. The third-order valence-corrected chi connectivity index (χ3v) is 5.11. The SMILES string of the molecule is COc1cc(NC(=O)CC2CC3CCC(C2)N3)c(C(N)=O)cc1OC. The predicted molar refractivity (Wildman–Crippen MR) is 94.0 cm³/mol. The van der Waals surface area contributed by atoms with Crippen LogP contribution in [0, 0.1) is 5.92 Å². The molecule has 0 radical (unpaired) electrons. The van der Waals surface area contributed by atoms with E-state index in [9.17, 15) is 9.59 Å². The molecule has 4 N–H and O–H groups in total. The summed E-state index contributed by atoms with van der Waals surface area (Å²) in [4.78, 5) is 24.2. The largest absolute Gasteiger partial charge is 0.493 e. The Hall–Kier alpha value is -2.28. The Kier molecular flexibility index (Phi) is 5.13. The van der Waals surface area contributed by atoms with Crippen molar-refractivity contribution in [3.63, 3.8) is 0 Å². The molecule has 0 spiro atoms. The number of nitrogens with one attached hydrogen (secondary N) is 2. The number of primary amides is 1. The van der Waals surface area contributed by atoms with Crippen molar-refractivity contribution in [1.29, 1.82) is 0 Å². The highest BCUT2D eigenvalue weighted by atomic mass is 16.5. The molecule has 7 nitrogen and oxygen atoms in total. The number of piperidine rings is 1. The highest BCUT2D eigenvalue weighted by Crippen LogP contribution is 2.35. The molecule has 0 aliphatic carbocycles. The fraction of sp³-hybridized carbons (Fsp3) is 0.556. The first-order chi connectivity index (χ1) is 12.0. The number of hydrogen-bond donors (Lipinski definition) is 3. The fourth-order valence-electron chi connectivity index (χ4n) is 3.99. The summed E-state index contributed by atoms with van der Waals surface area (Å²) in [6.45, 7) is 0. The number of nitrogens with two attached hydrogens (primary N) is 1. The van der Waals surface area contributed by atoms with Crippen LogP contribution in [0.15, 0.2) is 12.1 Å². The molecule has 3 rings (SSSR count). The third-order valence-electron chi connectivity index (χ3n) is 5.11. The first kappa shape index (κ1) is 17.5. The third kappa shape index (κ3) is 3.87. The van der Waals surface area contributed by atoms with Crippen LogP contribution in [0.25, 0.3) is 0 Å². The first-order valence-electron chi connectivity index (χ1n) is 8.62. The van der Waals surface area contributed by atoms with Crippen LogP contribution in [0.1, 0.15) is 42.5 Å². The smallest absolute Gasteiger partial charge is 0.250 e. The molecule has 0 saturated carbocycles. The lowest BCUT2D eigenvalue weighted by Crippen LogP contribution is -2.39. The lowest BCUT2D eigenvalue weighted by Gasteiger charge is -2.28. The van der Waals surface area contributed by atoms with Crippen molar-refractivity contribution in [1.82, 2.24) is 5.32 Å². The standard InChI is InChI=1S/C18H25N3O4/c1-24-15-8-13(18(19)23)14(9-16(15)25-2)21-17(22)7-10-5-11-3-4-12(6-10)20-11/h8-12,20H,3-7H2,1-2H3,(H2,19,23)(H,21,22). The summed E-state index contributed by atoms with van der Waals surface area (Å²) in [5.74, 6) is 0.458. The average molecular weight is 347 g/mol. The van der Waals surface area contributed by atoms with Gasteiger partial charge in [0, 0.05) is 24.6 Å². The molecule has 7 heteroatoms. The van der Waals surface area contributed by atoms with Gasteiger partial charge in [0.05, 0.1) is 25.5 Å². The van der Waals surface area contributed by atoms with E-state index in [0.717, 1.165) is 12.8 Å². The van der Waals surface area contributed by atoms with E-state index in [0.29, 0.717) is 41.6 Å². The number of anilines is 1. The zero-order valence-electron chi connectivity index (χ0n) is 14.6. The van der Waals surface area contributed by atoms with Crippen molar-refractivity contribution in [2.75, 3.05) is 19.5 Å². The number of benzene rings is 1. The Morgan fingerprint density at radius 2 is 1.76 bits per heavy atom. The van der Waals surface area contributed by atoms with E-state index in [1.165, 1.54) is 33.1 Å². The van der Waals surface area contributed by atoms with Gasteiger partial charge in [-0.2, -0.15) is 0 Å². The topological polar surface area (TPSA) is 103 Å². The molecule has 2 fully saturated rings. The predicted octanol–water partition coefficient (Wildman–Crippen LogP) is 1.66. The Labute approximate surface area is 147 Å². The van der Waals surface area contributed by atoms with Crippen LogP contribution in [0.3, 0.4) is 0 Å². The fourth-order valence-corrected chi connectivity index (χ4v) is 3.99. The molecule has 2 aliphatic rings. The number of hydrogen-bond acceptors (Lipinski definition) is 5.